The lowest BCUT2D eigenvalue weighted by molar-refractivity contribution is -0.158. The third-order valence-electron chi connectivity index (χ3n) is 0.852. The maximum Gasteiger partial charge on any atom is 0.440 e. The molecule has 70 valence electrons. The van der Waals surface area contributed by atoms with Crippen LogP contribution < -0.4 is 5.48 Å². The van der Waals surface area contributed by atoms with Crippen molar-refractivity contribution in [1.82, 2.24) is 5.48 Å². The highest BCUT2D eigenvalue weighted by molar-refractivity contribution is 5.76. The van der Waals surface area contributed by atoms with Crippen LogP contribution in [0.1, 0.15) is 13.8 Å². The summed E-state index contributed by atoms with van der Waals surface area (Å²) in [6.07, 6.45) is -2.14. The molecule has 0 heterocycles. The molecule has 1 amide bonds. The molecule has 0 saturated heterocycles. The van der Waals surface area contributed by atoms with Gasteiger partial charge in [0.1, 0.15) is 0 Å². The van der Waals surface area contributed by atoms with Gasteiger partial charge in [0.25, 0.3) is 0 Å². The summed E-state index contributed by atoms with van der Waals surface area (Å²) in [7, 11) is 0. The van der Waals surface area contributed by atoms with Gasteiger partial charge in [0, 0.05) is 0 Å². The molecule has 1 atom stereocenters. The van der Waals surface area contributed by atoms with Gasteiger partial charge < -0.3 is 14.7 Å². The second-order valence-electron chi connectivity index (χ2n) is 1.92. The molecular weight excluding hydrogens is 166 g/mol. The molecular formula is C6H11NO5. The molecule has 0 rings (SSSR count). The summed E-state index contributed by atoms with van der Waals surface area (Å²) >= 11 is 0. The van der Waals surface area contributed by atoms with Gasteiger partial charge >= 0.3 is 12.1 Å². The highest BCUT2D eigenvalue weighted by Crippen LogP contribution is 1.84. The summed E-state index contributed by atoms with van der Waals surface area (Å²) in [6.45, 7) is 3.00. The molecule has 0 spiro atoms. The SMILES string of the molecule is CCOC(=O)NOC(=O)C(C)O. The predicted octanol–water partition coefficient (Wildman–Crippen LogP) is -0.428. The van der Waals surface area contributed by atoms with Crippen molar-refractivity contribution in [3.63, 3.8) is 0 Å². The molecule has 0 saturated carbocycles. The Bertz CT molecular complexity index is 167. The molecule has 0 aromatic rings. The number of rotatable bonds is 2. The van der Waals surface area contributed by atoms with Crippen molar-refractivity contribution < 1.29 is 24.3 Å². The first kappa shape index (κ1) is 10.7. The molecule has 0 aromatic heterocycles. The van der Waals surface area contributed by atoms with Gasteiger partial charge in [-0.05, 0) is 13.8 Å². The van der Waals surface area contributed by atoms with E-state index in [9.17, 15) is 9.59 Å². The molecule has 0 aromatic carbocycles. The lowest BCUT2D eigenvalue weighted by Crippen LogP contribution is -2.32. The van der Waals surface area contributed by atoms with E-state index in [1.807, 2.05) is 0 Å². The monoisotopic (exact) mass is 177 g/mol. The average Bonchev–Trinajstić information content (AvgIpc) is 2.00. The second kappa shape index (κ2) is 5.36. The topological polar surface area (TPSA) is 84.9 Å². The van der Waals surface area contributed by atoms with E-state index in [1.54, 1.807) is 12.4 Å². The van der Waals surface area contributed by atoms with Crippen LogP contribution in [0.25, 0.3) is 0 Å². The van der Waals surface area contributed by atoms with Crippen molar-refractivity contribution in [2.75, 3.05) is 6.61 Å². The zero-order valence-electron chi connectivity index (χ0n) is 6.86. The second-order valence-corrected chi connectivity index (χ2v) is 1.92. The molecule has 0 bridgehead atoms. The first-order chi connectivity index (χ1) is 5.57. The Kier molecular flexibility index (Phi) is 4.78. The number of aliphatic hydroxyl groups is 1. The van der Waals surface area contributed by atoms with E-state index in [4.69, 9.17) is 5.11 Å². The number of aliphatic hydroxyl groups excluding tert-OH is 1. The number of hydroxylamine groups is 1. The Morgan fingerprint density at radius 2 is 2.17 bits per heavy atom. The number of carbonyl (C=O) groups is 2. The highest BCUT2D eigenvalue weighted by Gasteiger charge is 2.12. The number of ether oxygens (including phenoxy) is 1. The predicted molar refractivity (Wildman–Crippen MR) is 37.9 cm³/mol. The van der Waals surface area contributed by atoms with Crippen molar-refractivity contribution in [2.24, 2.45) is 0 Å². The van der Waals surface area contributed by atoms with Gasteiger partial charge in [-0.2, -0.15) is 0 Å². The number of hydrogen-bond donors (Lipinski definition) is 2. The van der Waals surface area contributed by atoms with Crippen LogP contribution in [0.3, 0.4) is 0 Å². The van der Waals surface area contributed by atoms with Crippen LogP contribution >= 0.6 is 0 Å². The summed E-state index contributed by atoms with van der Waals surface area (Å²) in [5.74, 6) is -0.942. The first-order valence-electron chi connectivity index (χ1n) is 3.39. The fraction of sp³-hybridized carbons (Fsp3) is 0.667. The lowest BCUT2D eigenvalue weighted by atomic mass is 10.4. The van der Waals surface area contributed by atoms with Gasteiger partial charge in [0.05, 0.1) is 6.61 Å². The quantitative estimate of drug-likeness (QED) is 0.559. The Morgan fingerprint density at radius 1 is 1.58 bits per heavy atom. The fourth-order valence-electron chi connectivity index (χ4n) is 0.338. The smallest absolute Gasteiger partial charge is 0.440 e. The molecule has 1 unspecified atom stereocenters. The highest BCUT2D eigenvalue weighted by atomic mass is 16.7. The van der Waals surface area contributed by atoms with Crippen molar-refractivity contribution in [3.05, 3.63) is 0 Å². The number of amides is 1. The molecule has 0 aliphatic heterocycles. The van der Waals surface area contributed by atoms with Crippen LogP contribution in [0.2, 0.25) is 0 Å². The van der Waals surface area contributed by atoms with Gasteiger partial charge in [0.15, 0.2) is 6.10 Å². The standard InChI is InChI=1S/C6H11NO5/c1-3-11-6(10)7-12-5(9)4(2)8/h4,8H,3H2,1-2H3,(H,7,10). The number of carbonyl (C=O) groups excluding carboxylic acids is 2. The van der Waals surface area contributed by atoms with Gasteiger partial charge in [-0.3, -0.25) is 0 Å². The third-order valence-corrected chi connectivity index (χ3v) is 0.852. The maximum absolute atomic E-state index is 10.5. The summed E-state index contributed by atoms with van der Waals surface area (Å²) < 4.78 is 4.36. The Morgan fingerprint density at radius 3 is 2.58 bits per heavy atom. The zero-order chi connectivity index (χ0) is 9.56. The van der Waals surface area contributed by atoms with Crippen LogP contribution in [0.4, 0.5) is 4.79 Å². The van der Waals surface area contributed by atoms with E-state index in [0.717, 1.165) is 0 Å². The van der Waals surface area contributed by atoms with Crippen molar-refractivity contribution in [1.29, 1.82) is 0 Å². The van der Waals surface area contributed by atoms with Crippen LogP contribution in [0.5, 0.6) is 0 Å². The van der Waals surface area contributed by atoms with Gasteiger partial charge in [-0.15, -0.1) is 5.48 Å². The van der Waals surface area contributed by atoms with Crippen molar-refractivity contribution in [2.45, 2.75) is 20.0 Å². The van der Waals surface area contributed by atoms with Gasteiger partial charge in [0.2, 0.25) is 0 Å². The van der Waals surface area contributed by atoms with Crippen LogP contribution in [0.15, 0.2) is 0 Å². The van der Waals surface area contributed by atoms with Crippen molar-refractivity contribution >= 4 is 12.1 Å². The van der Waals surface area contributed by atoms with Crippen LogP contribution in [-0.4, -0.2) is 29.9 Å². The van der Waals surface area contributed by atoms with E-state index in [2.05, 4.69) is 9.57 Å². The Hall–Kier alpha value is -1.30. The lowest BCUT2D eigenvalue weighted by Gasteiger charge is -2.05. The minimum Gasteiger partial charge on any atom is -0.448 e. The molecule has 0 fully saturated rings. The zero-order valence-corrected chi connectivity index (χ0v) is 6.86. The van der Waals surface area contributed by atoms with E-state index < -0.39 is 18.2 Å². The maximum atomic E-state index is 10.5. The summed E-state index contributed by atoms with van der Waals surface area (Å²) in [4.78, 5) is 25.1. The fourth-order valence-corrected chi connectivity index (χ4v) is 0.338. The Labute approximate surface area is 69.4 Å². The first-order valence-corrected chi connectivity index (χ1v) is 3.39. The molecule has 6 nitrogen and oxygen atoms in total. The minimum atomic E-state index is -1.27. The Balaban J connectivity index is 3.54. The molecule has 0 radical (unpaired) electrons. The van der Waals surface area contributed by atoms with E-state index in [1.165, 1.54) is 6.92 Å². The van der Waals surface area contributed by atoms with Crippen LogP contribution in [0, 0.1) is 0 Å². The van der Waals surface area contributed by atoms with E-state index in [-0.39, 0.29) is 6.61 Å². The largest absolute Gasteiger partial charge is 0.448 e. The molecule has 0 aliphatic carbocycles. The third kappa shape index (κ3) is 4.51. The summed E-state index contributed by atoms with van der Waals surface area (Å²) in [6, 6.07) is 0. The van der Waals surface area contributed by atoms with Crippen molar-refractivity contribution in [3.8, 4) is 0 Å². The van der Waals surface area contributed by atoms with Gasteiger partial charge in [-0.25, -0.2) is 9.59 Å². The number of hydrogen-bond acceptors (Lipinski definition) is 5. The van der Waals surface area contributed by atoms with E-state index >= 15 is 0 Å². The van der Waals surface area contributed by atoms with Gasteiger partial charge in [-0.1, -0.05) is 0 Å². The molecule has 6 heteroatoms. The minimum absolute atomic E-state index is 0.179. The molecule has 2 N–H and O–H groups in total. The molecule has 0 aliphatic rings. The van der Waals surface area contributed by atoms with Crippen LogP contribution in [-0.2, 0) is 14.4 Å². The average molecular weight is 177 g/mol. The normalized spacial score (nSPS) is 11.6. The number of nitrogens with one attached hydrogen (secondary N) is 1. The summed E-state index contributed by atoms with van der Waals surface area (Å²) in [5.41, 5.74) is 1.69. The van der Waals surface area contributed by atoms with E-state index in [0.29, 0.717) is 0 Å². The summed E-state index contributed by atoms with van der Waals surface area (Å²) in [5, 5.41) is 8.60. The molecule has 12 heavy (non-hydrogen) atoms.